The van der Waals surface area contributed by atoms with Gasteiger partial charge in [-0.3, -0.25) is 9.67 Å². The van der Waals surface area contributed by atoms with Gasteiger partial charge in [0, 0.05) is 36.9 Å². The lowest BCUT2D eigenvalue weighted by molar-refractivity contribution is 0.684. The van der Waals surface area contributed by atoms with Gasteiger partial charge in [-0.2, -0.15) is 5.10 Å². The van der Waals surface area contributed by atoms with E-state index in [1.165, 1.54) is 5.56 Å². The van der Waals surface area contributed by atoms with E-state index in [9.17, 15) is 0 Å². The number of nitrogens with zero attached hydrogens (tertiary/aromatic N) is 3. The summed E-state index contributed by atoms with van der Waals surface area (Å²) in [4.78, 5) is 4.24. The zero-order valence-electron chi connectivity index (χ0n) is 13.9. The molecule has 0 saturated heterocycles. The van der Waals surface area contributed by atoms with Gasteiger partial charge < -0.3 is 10.6 Å². The normalized spacial score (nSPS) is 12.5. The number of aliphatic imine (C=N–C) groups is 1. The van der Waals surface area contributed by atoms with Gasteiger partial charge in [0.25, 0.3) is 0 Å². The van der Waals surface area contributed by atoms with Crippen LogP contribution in [0.4, 0.5) is 0 Å². The molecule has 0 aliphatic rings. The molecule has 1 heterocycles. The zero-order valence-corrected chi connectivity index (χ0v) is 17.7. The Morgan fingerprint density at radius 2 is 2.12 bits per heavy atom. The molecule has 0 spiro atoms. The molecular weight excluding hydrogens is 460 g/mol. The Bertz CT molecular complexity index is 687. The maximum atomic E-state index is 6.24. The van der Waals surface area contributed by atoms with Crippen molar-refractivity contribution in [2.24, 2.45) is 12.0 Å². The van der Waals surface area contributed by atoms with Crippen LogP contribution in [-0.2, 0) is 13.5 Å². The van der Waals surface area contributed by atoms with Gasteiger partial charge in [0.1, 0.15) is 0 Å². The fourth-order valence-corrected chi connectivity index (χ4v) is 2.83. The van der Waals surface area contributed by atoms with Gasteiger partial charge in [-0.15, -0.1) is 24.0 Å². The number of rotatable bonds is 5. The van der Waals surface area contributed by atoms with Crippen LogP contribution < -0.4 is 10.6 Å². The summed E-state index contributed by atoms with van der Waals surface area (Å²) in [6.45, 7) is 2.80. The van der Waals surface area contributed by atoms with Gasteiger partial charge in [-0.25, -0.2) is 0 Å². The Morgan fingerprint density at radius 1 is 1.38 bits per heavy atom. The summed E-state index contributed by atoms with van der Waals surface area (Å²) in [6.07, 6.45) is 4.76. The third-order valence-electron chi connectivity index (χ3n) is 3.47. The van der Waals surface area contributed by atoms with Crippen molar-refractivity contribution in [1.82, 2.24) is 20.4 Å². The first-order valence-electron chi connectivity index (χ1n) is 7.39. The van der Waals surface area contributed by atoms with Crippen LogP contribution >= 0.6 is 47.2 Å². The SMILES string of the molecule is CN=C(NCCc1cnn(C)c1)NC(C)c1ccc(Cl)cc1Cl.I. The van der Waals surface area contributed by atoms with E-state index in [0.29, 0.717) is 10.0 Å². The highest BCUT2D eigenvalue weighted by atomic mass is 127. The molecule has 0 bridgehead atoms. The molecule has 1 aromatic carbocycles. The highest BCUT2D eigenvalue weighted by Crippen LogP contribution is 2.25. The van der Waals surface area contributed by atoms with Crippen LogP contribution in [0.15, 0.2) is 35.6 Å². The van der Waals surface area contributed by atoms with Gasteiger partial charge in [-0.1, -0.05) is 29.3 Å². The van der Waals surface area contributed by atoms with Crippen LogP contribution in [0.5, 0.6) is 0 Å². The smallest absolute Gasteiger partial charge is 0.191 e. The summed E-state index contributed by atoms with van der Waals surface area (Å²) >= 11 is 12.2. The molecule has 0 saturated carbocycles. The first-order chi connectivity index (χ1) is 11.0. The molecule has 1 unspecified atom stereocenters. The number of guanidine groups is 1. The van der Waals surface area contributed by atoms with Crippen LogP contribution in [-0.4, -0.2) is 29.3 Å². The predicted molar refractivity (Wildman–Crippen MR) is 112 cm³/mol. The molecule has 0 aliphatic carbocycles. The molecule has 8 heteroatoms. The van der Waals surface area contributed by atoms with Crippen molar-refractivity contribution in [3.05, 3.63) is 51.8 Å². The van der Waals surface area contributed by atoms with Crippen molar-refractivity contribution in [1.29, 1.82) is 0 Å². The van der Waals surface area contributed by atoms with Crippen LogP contribution in [0, 0.1) is 0 Å². The van der Waals surface area contributed by atoms with Crippen LogP contribution in [0.25, 0.3) is 0 Å². The minimum absolute atomic E-state index is 0. The Morgan fingerprint density at radius 3 is 2.71 bits per heavy atom. The standard InChI is InChI=1S/C16H21Cl2N5.HI/c1-11(14-5-4-13(17)8-15(14)18)22-16(19-2)20-7-6-12-9-21-23(3)10-12;/h4-5,8-11H,6-7H2,1-3H3,(H2,19,20,22);1H. The molecule has 1 atom stereocenters. The summed E-state index contributed by atoms with van der Waals surface area (Å²) in [5, 5.41) is 12.0. The monoisotopic (exact) mass is 481 g/mol. The summed E-state index contributed by atoms with van der Waals surface area (Å²) in [5.41, 5.74) is 2.16. The van der Waals surface area contributed by atoms with Gasteiger partial charge >= 0.3 is 0 Å². The largest absolute Gasteiger partial charge is 0.356 e. The first kappa shape index (κ1) is 21.1. The van der Waals surface area contributed by atoms with Gasteiger partial charge in [0.15, 0.2) is 5.96 Å². The predicted octanol–water partition coefficient (Wildman–Crippen LogP) is 3.81. The third kappa shape index (κ3) is 6.14. The average molecular weight is 482 g/mol. The summed E-state index contributed by atoms with van der Waals surface area (Å²) in [6, 6.07) is 5.52. The van der Waals surface area contributed by atoms with E-state index in [1.807, 2.05) is 38.5 Å². The quantitative estimate of drug-likeness (QED) is 0.388. The fraction of sp³-hybridized carbons (Fsp3) is 0.375. The van der Waals surface area contributed by atoms with E-state index in [1.54, 1.807) is 17.8 Å². The van der Waals surface area contributed by atoms with Crippen molar-refractivity contribution >= 4 is 53.1 Å². The Balaban J connectivity index is 0.00000288. The van der Waals surface area contributed by atoms with E-state index < -0.39 is 0 Å². The number of aryl methyl sites for hydroxylation is 1. The van der Waals surface area contributed by atoms with Gasteiger partial charge in [-0.05, 0) is 36.6 Å². The number of halogens is 3. The Hall–Kier alpha value is -0.990. The highest BCUT2D eigenvalue weighted by Gasteiger charge is 2.11. The molecule has 24 heavy (non-hydrogen) atoms. The molecule has 2 N–H and O–H groups in total. The number of hydrogen-bond acceptors (Lipinski definition) is 2. The number of benzene rings is 1. The van der Waals surface area contributed by atoms with Crippen LogP contribution in [0.2, 0.25) is 10.0 Å². The van der Waals surface area contributed by atoms with E-state index in [4.69, 9.17) is 23.2 Å². The lowest BCUT2D eigenvalue weighted by atomic mass is 10.1. The average Bonchev–Trinajstić information content (AvgIpc) is 2.91. The van der Waals surface area contributed by atoms with Crippen molar-refractivity contribution in [3.8, 4) is 0 Å². The van der Waals surface area contributed by atoms with Crippen LogP contribution in [0.1, 0.15) is 24.1 Å². The second-order valence-corrected chi connectivity index (χ2v) is 6.15. The van der Waals surface area contributed by atoms with Crippen molar-refractivity contribution < 1.29 is 0 Å². The van der Waals surface area contributed by atoms with Crippen molar-refractivity contribution in [2.75, 3.05) is 13.6 Å². The molecule has 0 amide bonds. The molecule has 5 nitrogen and oxygen atoms in total. The summed E-state index contributed by atoms with van der Waals surface area (Å²) in [7, 11) is 3.66. The second kappa shape index (κ2) is 10.1. The first-order valence-corrected chi connectivity index (χ1v) is 8.15. The maximum absolute atomic E-state index is 6.24. The van der Waals surface area contributed by atoms with E-state index >= 15 is 0 Å². The fourth-order valence-electron chi connectivity index (χ4n) is 2.26. The summed E-state index contributed by atoms with van der Waals surface area (Å²) < 4.78 is 1.80. The topological polar surface area (TPSA) is 54.2 Å². The van der Waals surface area contributed by atoms with E-state index in [2.05, 4.69) is 20.7 Å². The van der Waals surface area contributed by atoms with Crippen LogP contribution in [0.3, 0.4) is 0 Å². The van der Waals surface area contributed by atoms with E-state index in [-0.39, 0.29) is 30.0 Å². The zero-order chi connectivity index (χ0) is 16.8. The minimum atomic E-state index is 0. The molecule has 2 aromatic rings. The molecule has 1 aromatic heterocycles. The molecular formula is C16H22Cl2IN5. The van der Waals surface area contributed by atoms with Gasteiger partial charge in [0.05, 0.1) is 12.2 Å². The second-order valence-electron chi connectivity index (χ2n) is 5.30. The molecule has 2 rings (SSSR count). The Labute approximate surface area is 169 Å². The minimum Gasteiger partial charge on any atom is -0.356 e. The lowest BCUT2D eigenvalue weighted by Gasteiger charge is -2.19. The van der Waals surface area contributed by atoms with Crippen molar-refractivity contribution in [3.63, 3.8) is 0 Å². The lowest BCUT2D eigenvalue weighted by Crippen LogP contribution is -2.39. The van der Waals surface area contributed by atoms with E-state index in [0.717, 1.165) is 24.5 Å². The summed E-state index contributed by atoms with van der Waals surface area (Å²) in [5.74, 6) is 0.729. The highest BCUT2D eigenvalue weighted by molar-refractivity contribution is 14.0. The number of aromatic nitrogens is 2. The third-order valence-corrected chi connectivity index (χ3v) is 4.03. The van der Waals surface area contributed by atoms with Crippen molar-refractivity contribution in [2.45, 2.75) is 19.4 Å². The number of nitrogens with one attached hydrogen (secondary N) is 2. The maximum Gasteiger partial charge on any atom is 0.191 e. The Kier molecular flexibility index (Phi) is 8.86. The molecule has 0 fully saturated rings. The molecule has 0 aliphatic heterocycles. The number of hydrogen-bond donors (Lipinski definition) is 2. The molecule has 0 radical (unpaired) electrons. The molecule has 132 valence electrons. The van der Waals surface area contributed by atoms with Gasteiger partial charge in [0.2, 0.25) is 0 Å².